The number of nitriles is 1. The van der Waals surface area contributed by atoms with E-state index in [-0.39, 0.29) is 5.82 Å². The van der Waals surface area contributed by atoms with Crippen molar-refractivity contribution in [2.45, 2.75) is 0 Å². The van der Waals surface area contributed by atoms with Crippen molar-refractivity contribution in [2.75, 3.05) is 20.0 Å². The Bertz CT molecular complexity index is 995. The van der Waals surface area contributed by atoms with Crippen LogP contribution in [0, 0.1) is 11.3 Å². The van der Waals surface area contributed by atoms with E-state index in [0.717, 1.165) is 15.6 Å². The summed E-state index contributed by atoms with van der Waals surface area (Å²) in [5, 5.41) is 9.60. The Morgan fingerprint density at radius 2 is 1.77 bits per heavy atom. The van der Waals surface area contributed by atoms with Crippen molar-refractivity contribution in [2.24, 2.45) is 0 Å². The van der Waals surface area contributed by atoms with E-state index in [2.05, 4.69) is 27.0 Å². The largest absolute Gasteiger partial charge is 0.493 e. The van der Waals surface area contributed by atoms with Crippen molar-refractivity contribution in [1.29, 1.82) is 5.26 Å². The monoisotopic (exact) mass is 409 g/mol. The average Bonchev–Trinajstić information content (AvgIpc) is 2.67. The van der Waals surface area contributed by atoms with Gasteiger partial charge in [-0.1, -0.05) is 40.2 Å². The third-order valence-electron chi connectivity index (χ3n) is 3.99. The summed E-state index contributed by atoms with van der Waals surface area (Å²) in [7, 11) is 3.13. The van der Waals surface area contributed by atoms with Crippen molar-refractivity contribution in [1.82, 2.24) is 4.98 Å². The second kappa shape index (κ2) is 7.46. The highest BCUT2D eigenvalue weighted by atomic mass is 79.9. The minimum atomic E-state index is 0.174. The molecular formula is C20H16BrN3O2. The number of anilines is 1. The lowest BCUT2D eigenvalue weighted by atomic mass is 9.97. The number of nitrogen functional groups attached to an aromatic ring is 1. The Labute approximate surface area is 160 Å². The highest BCUT2D eigenvalue weighted by Gasteiger charge is 2.18. The molecule has 1 aromatic heterocycles. The fraction of sp³-hybridized carbons (Fsp3) is 0.100. The molecule has 0 spiro atoms. The van der Waals surface area contributed by atoms with Gasteiger partial charge in [0.1, 0.15) is 17.5 Å². The van der Waals surface area contributed by atoms with Crippen molar-refractivity contribution < 1.29 is 9.47 Å². The molecule has 0 aliphatic rings. The fourth-order valence-corrected chi connectivity index (χ4v) is 3.03. The van der Waals surface area contributed by atoms with Crippen LogP contribution in [0.1, 0.15) is 5.56 Å². The molecule has 0 aliphatic carbocycles. The first-order chi connectivity index (χ1) is 12.6. The summed E-state index contributed by atoms with van der Waals surface area (Å²) in [6.07, 6.45) is 0. The number of nitrogens with zero attached hydrogens (tertiary/aromatic N) is 2. The molecule has 2 aromatic carbocycles. The number of hydrogen-bond acceptors (Lipinski definition) is 5. The van der Waals surface area contributed by atoms with Gasteiger partial charge in [0.2, 0.25) is 0 Å². The van der Waals surface area contributed by atoms with Crippen molar-refractivity contribution in [3.05, 3.63) is 58.6 Å². The highest BCUT2D eigenvalue weighted by molar-refractivity contribution is 9.10. The topological polar surface area (TPSA) is 81.2 Å². The molecule has 5 nitrogen and oxygen atoms in total. The maximum Gasteiger partial charge on any atom is 0.168 e. The van der Waals surface area contributed by atoms with Gasteiger partial charge in [-0.2, -0.15) is 5.26 Å². The Hall–Kier alpha value is -3.04. The molecule has 0 radical (unpaired) electrons. The summed E-state index contributed by atoms with van der Waals surface area (Å²) >= 11 is 3.42. The van der Waals surface area contributed by atoms with Crippen LogP contribution in [-0.2, 0) is 0 Å². The maximum absolute atomic E-state index is 9.60. The molecule has 6 heteroatoms. The standard InChI is InChI=1S/C20H16BrN3O2/c1-25-18-5-3-4-14(19(18)26-2)15-10-17(24-20(23)16(15)11-22)12-6-8-13(21)9-7-12/h3-10H,1-2H3,(H2,23,24). The van der Waals surface area contributed by atoms with Crippen LogP contribution in [0.4, 0.5) is 5.82 Å². The van der Waals surface area contributed by atoms with Crippen molar-refractivity contribution >= 4 is 21.7 Å². The summed E-state index contributed by atoms with van der Waals surface area (Å²) in [4.78, 5) is 4.40. The number of pyridine rings is 1. The number of halogens is 1. The van der Waals surface area contributed by atoms with E-state index in [9.17, 15) is 5.26 Å². The summed E-state index contributed by atoms with van der Waals surface area (Å²) in [5.41, 5.74) is 9.32. The van der Waals surface area contributed by atoms with E-state index >= 15 is 0 Å². The number of methoxy groups -OCH3 is 2. The lowest BCUT2D eigenvalue weighted by Gasteiger charge is -2.15. The van der Waals surface area contributed by atoms with E-state index in [0.29, 0.717) is 28.3 Å². The Morgan fingerprint density at radius 1 is 1.04 bits per heavy atom. The van der Waals surface area contributed by atoms with E-state index in [1.165, 1.54) is 0 Å². The van der Waals surface area contributed by atoms with Crippen LogP contribution in [0.15, 0.2) is 53.0 Å². The third kappa shape index (κ3) is 3.22. The van der Waals surface area contributed by atoms with Gasteiger partial charge in [0.25, 0.3) is 0 Å². The SMILES string of the molecule is COc1cccc(-c2cc(-c3ccc(Br)cc3)nc(N)c2C#N)c1OC. The van der Waals surface area contributed by atoms with Gasteiger partial charge in [-0.3, -0.25) is 0 Å². The quantitative estimate of drug-likeness (QED) is 0.677. The molecule has 0 atom stereocenters. The van der Waals surface area contributed by atoms with Crippen molar-refractivity contribution in [3.8, 4) is 40.0 Å². The molecule has 0 unspecified atom stereocenters. The minimum absolute atomic E-state index is 0.174. The second-order valence-corrected chi connectivity index (χ2v) is 6.39. The van der Waals surface area contributed by atoms with E-state index in [4.69, 9.17) is 15.2 Å². The van der Waals surface area contributed by atoms with Crippen molar-refractivity contribution in [3.63, 3.8) is 0 Å². The lowest BCUT2D eigenvalue weighted by molar-refractivity contribution is 0.356. The predicted molar refractivity (Wildman–Crippen MR) is 105 cm³/mol. The maximum atomic E-state index is 9.60. The Balaban J connectivity index is 2.28. The first kappa shape index (κ1) is 17.8. The molecule has 1 heterocycles. The number of benzene rings is 2. The van der Waals surface area contributed by atoms with E-state index in [1.807, 2.05) is 42.5 Å². The summed E-state index contributed by atoms with van der Waals surface area (Å²) < 4.78 is 11.9. The summed E-state index contributed by atoms with van der Waals surface area (Å²) in [6, 6.07) is 17.2. The van der Waals surface area contributed by atoms with Gasteiger partial charge in [-0.25, -0.2) is 4.98 Å². The molecule has 2 N–H and O–H groups in total. The van der Waals surface area contributed by atoms with Gasteiger partial charge in [0, 0.05) is 21.2 Å². The van der Waals surface area contributed by atoms with Crippen LogP contribution in [0.5, 0.6) is 11.5 Å². The zero-order valence-electron chi connectivity index (χ0n) is 14.3. The zero-order chi connectivity index (χ0) is 18.7. The molecule has 0 bridgehead atoms. The molecule has 0 amide bonds. The highest BCUT2D eigenvalue weighted by Crippen LogP contribution is 2.41. The molecule has 0 fully saturated rings. The van der Waals surface area contributed by atoms with E-state index in [1.54, 1.807) is 20.3 Å². The van der Waals surface area contributed by atoms with Crippen LogP contribution >= 0.6 is 15.9 Å². The van der Waals surface area contributed by atoms with Crippen LogP contribution in [0.2, 0.25) is 0 Å². The molecule has 3 rings (SSSR count). The molecule has 0 aliphatic heterocycles. The average molecular weight is 410 g/mol. The van der Waals surface area contributed by atoms with Crippen LogP contribution in [0.25, 0.3) is 22.4 Å². The number of rotatable bonds is 4. The molecule has 3 aromatic rings. The number of para-hydroxylation sites is 1. The van der Waals surface area contributed by atoms with Gasteiger partial charge in [0.05, 0.1) is 19.9 Å². The van der Waals surface area contributed by atoms with Gasteiger partial charge >= 0.3 is 0 Å². The van der Waals surface area contributed by atoms with E-state index < -0.39 is 0 Å². The predicted octanol–water partition coefficient (Wildman–Crippen LogP) is 4.65. The fourth-order valence-electron chi connectivity index (χ4n) is 2.76. The van der Waals surface area contributed by atoms with Gasteiger partial charge in [-0.05, 0) is 24.3 Å². The van der Waals surface area contributed by atoms with Crippen LogP contribution in [-0.4, -0.2) is 19.2 Å². The lowest BCUT2D eigenvalue weighted by Crippen LogP contribution is -2.01. The minimum Gasteiger partial charge on any atom is -0.493 e. The first-order valence-corrected chi connectivity index (χ1v) is 8.56. The molecule has 0 saturated carbocycles. The van der Waals surface area contributed by atoms with Gasteiger partial charge < -0.3 is 15.2 Å². The molecule has 0 saturated heterocycles. The van der Waals surface area contributed by atoms with Gasteiger partial charge in [0.15, 0.2) is 11.5 Å². The summed E-state index contributed by atoms with van der Waals surface area (Å²) in [5.74, 6) is 1.29. The number of ether oxygens (including phenoxy) is 2. The zero-order valence-corrected chi connectivity index (χ0v) is 15.9. The Kier molecular flexibility index (Phi) is 5.10. The Morgan fingerprint density at radius 3 is 2.38 bits per heavy atom. The number of nitrogens with two attached hydrogens (primary N) is 1. The second-order valence-electron chi connectivity index (χ2n) is 5.48. The van der Waals surface area contributed by atoms with Crippen LogP contribution in [0.3, 0.4) is 0 Å². The normalized spacial score (nSPS) is 10.2. The van der Waals surface area contributed by atoms with Crippen LogP contribution < -0.4 is 15.2 Å². The molecule has 130 valence electrons. The number of hydrogen-bond donors (Lipinski definition) is 1. The van der Waals surface area contributed by atoms with Gasteiger partial charge in [-0.15, -0.1) is 0 Å². The number of aromatic nitrogens is 1. The smallest absolute Gasteiger partial charge is 0.168 e. The first-order valence-electron chi connectivity index (χ1n) is 7.77. The summed E-state index contributed by atoms with van der Waals surface area (Å²) in [6.45, 7) is 0. The molecular weight excluding hydrogens is 394 g/mol. The third-order valence-corrected chi connectivity index (χ3v) is 4.52. The molecule has 26 heavy (non-hydrogen) atoms.